The van der Waals surface area contributed by atoms with Crippen LogP contribution in [-0.2, 0) is 16.1 Å². The molecular formula is C21H18BrClFN3O3. The molecule has 30 heavy (non-hydrogen) atoms. The van der Waals surface area contributed by atoms with E-state index in [1.807, 2.05) is 0 Å². The standard InChI is InChI=1S/C21H18BrClFN3O3/c1-12-17(19(23)27(26-12)11-13-3-9-16(24)10-4-13)20(28)25-18(21(29)30-2)14-5-7-15(22)8-6-14/h3-10,18H,11H2,1-2H3,(H,25,28). The molecule has 2 aromatic carbocycles. The maximum absolute atomic E-state index is 13.1. The topological polar surface area (TPSA) is 73.2 Å². The summed E-state index contributed by atoms with van der Waals surface area (Å²) in [6.45, 7) is 1.91. The summed E-state index contributed by atoms with van der Waals surface area (Å²) in [7, 11) is 1.25. The van der Waals surface area contributed by atoms with Gasteiger partial charge in [0.2, 0.25) is 0 Å². The highest BCUT2D eigenvalue weighted by molar-refractivity contribution is 9.10. The minimum absolute atomic E-state index is 0.119. The van der Waals surface area contributed by atoms with Crippen LogP contribution in [0.4, 0.5) is 4.39 Å². The van der Waals surface area contributed by atoms with Crippen molar-refractivity contribution in [3.8, 4) is 0 Å². The number of nitrogens with zero attached hydrogens (tertiary/aromatic N) is 2. The van der Waals surface area contributed by atoms with E-state index < -0.39 is 17.9 Å². The SMILES string of the molecule is COC(=O)C(NC(=O)c1c(C)nn(Cc2ccc(F)cc2)c1Cl)c1ccc(Br)cc1. The molecule has 1 aromatic heterocycles. The highest BCUT2D eigenvalue weighted by atomic mass is 79.9. The van der Waals surface area contributed by atoms with Gasteiger partial charge in [0.1, 0.15) is 11.0 Å². The molecule has 1 N–H and O–H groups in total. The van der Waals surface area contributed by atoms with E-state index in [0.717, 1.165) is 10.0 Å². The van der Waals surface area contributed by atoms with E-state index in [2.05, 4.69) is 26.3 Å². The van der Waals surface area contributed by atoms with Gasteiger partial charge in [0, 0.05) is 4.47 Å². The fourth-order valence-electron chi connectivity index (χ4n) is 2.93. The second kappa shape index (κ2) is 9.40. The zero-order chi connectivity index (χ0) is 21.8. The number of aryl methyl sites for hydroxylation is 1. The van der Waals surface area contributed by atoms with E-state index in [4.69, 9.17) is 16.3 Å². The molecule has 0 spiro atoms. The summed E-state index contributed by atoms with van der Waals surface area (Å²) >= 11 is 9.75. The van der Waals surface area contributed by atoms with Crippen molar-refractivity contribution >= 4 is 39.4 Å². The van der Waals surface area contributed by atoms with Crippen molar-refractivity contribution in [1.82, 2.24) is 15.1 Å². The molecule has 0 aliphatic carbocycles. The third-order valence-corrected chi connectivity index (χ3v) is 5.37. The normalized spacial score (nSPS) is 11.8. The number of benzene rings is 2. The summed E-state index contributed by atoms with van der Waals surface area (Å²) in [5.74, 6) is -1.51. The summed E-state index contributed by atoms with van der Waals surface area (Å²) in [6, 6.07) is 11.8. The number of carbonyl (C=O) groups is 2. The van der Waals surface area contributed by atoms with E-state index >= 15 is 0 Å². The number of amides is 1. The molecule has 1 atom stereocenters. The number of aromatic nitrogens is 2. The van der Waals surface area contributed by atoms with Crippen molar-refractivity contribution < 1.29 is 18.7 Å². The van der Waals surface area contributed by atoms with Gasteiger partial charge in [-0.2, -0.15) is 5.10 Å². The Morgan fingerprint density at radius 2 is 1.83 bits per heavy atom. The van der Waals surface area contributed by atoms with Gasteiger partial charge in [-0.25, -0.2) is 13.9 Å². The number of hydrogen-bond acceptors (Lipinski definition) is 4. The largest absolute Gasteiger partial charge is 0.467 e. The fraction of sp³-hybridized carbons (Fsp3) is 0.190. The Morgan fingerprint density at radius 1 is 1.20 bits per heavy atom. The number of halogens is 3. The Kier molecular flexibility index (Phi) is 6.89. The van der Waals surface area contributed by atoms with Crippen LogP contribution in [0.15, 0.2) is 53.0 Å². The van der Waals surface area contributed by atoms with Crippen LogP contribution < -0.4 is 5.32 Å². The van der Waals surface area contributed by atoms with E-state index in [1.165, 1.54) is 23.9 Å². The number of nitrogens with one attached hydrogen (secondary N) is 1. The van der Waals surface area contributed by atoms with Crippen LogP contribution in [0.3, 0.4) is 0 Å². The highest BCUT2D eigenvalue weighted by Gasteiger charge is 2.28. The lowest BCUT2D eigenvalue weighted by atomic mass is 10.1. The Labute approximate surface area is 186 Å². The minimum atomic E-state index is -1.01. The van der Waals surface area contributed by atoms with Gasteiger partial charge in [0.25, 0.3) is 5.91 Å². The van der Waals surface area contributed by atoms with Gasteiger partial charge in [0.15, 0.2) is 6.04 Å². The average Bonchev–Trinajstić information content (AvgIpc) is 3.01. The summed E-state index contributed by atoms with van der Waals surface area (Å²) in [5.41, 5.74) is 1.89. The molecule has 1 amide bonds. The van der Waals surface area contributed by atoms with Crippen molar-refractivity contribution in [2.45, 2.75) is 19.5 Å². The van der Waals surface area contributed by atoms with Gasteiger partial charge in [-0.3, -0.25) is 4.79 Å². The van der Waals surface area contributed by atoms with E-state index in [-0.39, 0.29) is 23.1 Å². The zero-order valence-electron chi connectivity index (χ0n) is 16.2. The smallest absolute Gasteiger partial charge is 0.333 e. The summed E-state index contributed by atoms with van der Waals surface area (Å²) in [6.07, 6.45) is 0. The van der Waals surface area contributed by atoms with Gasteiger partial charge in [0.05, 0.1) is 24.9 Å². The van der Waals surface area contributed by atoms with Crippen LogP contribution in [0.25, 0.3) is 0 Å². The van der Waals surface area contributed by atoms with Crippen LogP contribution in [0.1, 0.15) is 33.2 Å². The number of methoxy groups -OCH3 is 1. The first-order valence-corrected chi connectivity index (χ1v) is 10.1. The molecule has 0 bridgehead atoms. The molecule has 1 unspecified atom stereocenters. The predicted molar refractivity (Wildman–Crippen MR) is 114 cm³/mol. The zero-order valence-corrected chi connectivity index (χ0v) is 18.5. The molecular weight excluding hydrogens is 477 g/mol. The maximum Gasteiger partial charge on any atom is 0.333 e. The monoisotopic (exact) mass is 493 g/mol. The number of rotatable bonds is 6. The second-order valence-electron chi connectivity index (χ2n) is 6.52. The highest BCUT2D eigenvalue weighted by Crippen LogP contribution is 2.24. The lowest BCUT2D eigenvalue weighted by molar-refractivity contribution is -0.143. The van der Waals surface area contributed by atoms with Crippen molar-refractivity contribution in [3.63, 3.8) is 0 Å². The van der Waals surface area contributed by atoms with Crippen LogP contribution in [-0.4, -0.2) is 28.8 Å². The Hall–Kier alpha value is -2.71. The molecule has 0 fully saturated rings. The molecule has 6 nitrogen and oxygen atoms in total. The minimum Gasteiger partial charge on any atom is -0.467 e. The predicted octanol–water partition coefficient (Wildman–Crippen LogP) is 4.44. The Bertz CT molecular complexity index is 1070. The first-order valence-electron chi connectivity index (χ1n) is 8.91. The van der Waals surface area contributed by atoms with E-state index in [1.54, 1.807) is 43.3 Å². The maximum atomic E-state index is 13.1. The summed E-state index contributed by atoms with van der Waals surface area (Å²) in [5, 5.41) is 7.10. The van der Waals surface area contributed by atoms with Crippen molar-refractivity contribution in [2.24, 2.45) is 0 Å². The number of esters is 1. The van der Waals surface area contributed by atoms with E-state index in [0.29, 0.717) is 11.3 Å². The summed E-state index contributed by atoms with van der Waals surface area (Å²) in [4.78, 5) is 25.2. The summed E-state index contributed by atoms with van der Waals surface area (Å²) < 4.78 is 20.2. The van der Waals surface area contributed by atoms with Crippen molar-refractivity contribution in [3.05, 3.63) is 86.4 Å². The molecule has 0 aliphatic heterocycles. The lowest BCUT2D eigenvalue weighted by Crippen LogP contribution is -2.34. The number of carbonyl (C=O) groups excluding carboxylic acids is 2. The van der Waals surface area contributed by atoms with Crippen LogP contribution >= 0.6 is 27.5 Å². The molecule has 3 rings (SSSR count). The van der Waals surface area contributed by atoms with Gasteiger partial charge in [-0.15, -0.1) is 0 Å². The fourth-order valence-corrected chi connectivity index (χ4v) is 3.52. The van der Waals surface area contributed by atoms with Crippen molar-refractivity contribution in [2.75, 3.05) is 7.11 Å². The third kappa shape index (κ3) is 4.88. The van der Waals surface area contributed by atoms with Crippen LogP contribution in [0.5, 0.6) is 0 Å². The van der Waals surface area contributed by atoms with Gasteiger partial charge in [-0.05, 0) is 42.3 Å². The quantitative estimate of drug-likeness (QED) is 0.514. The second-order valence-corrected chi connectivity index (χ2v) is 7.79. The molecule has 3 aromatic rings. The van der Waals surface area contributed by atoms with Gasteiger partial charge >= 0.3 is 5.97 Å². The molecule has 0 radical (unpaired) electrons. The first-order chi connectivity index (χ1) is 14.3. The molecule has 156 valence electrons. The van der Waals surface area contributed by atoms with Crippen LogP contribution in [0, 0.1) is 12.7 Å². The Balaban J connectivity index is 1.86. The van der Waals surface area contributed by atoms with Crippen LogP contribution in [0.2, 0.25) is 5.15 Å². The molecule has 0 aliphatic rings. The molecule has 0 saturated heterocycles. The van der Waals surface area contributed by atoms with Gasteiger partial charge < -0.3 is 10.1 Å². The first kappa shape index (κ1) is 22.0. The van der Waals surface area contributed by atoms with Crippen molar-refractivity contribution in [1.29, 1.82) is 0 Å². The van der Waals surface area contributed by atoms with Gasteiger partial charge in [-0.1, -0.05) is 51.8 Å². The average molecular weight is 495 g/mol. The number of hydrogen-bond donors (Lipinski definition) is 1. The van der Waals surface area contributed by atoms with E-state index in [9.17, 15) is 14.0 Å². The number of ether oxygens (including phenoxy) is 1. The Morgan fingerprint density at radius 3 is 2.43 bits per heavy atom. The lowest BCUT2D eigenvalue weighted by Gasteiger charge is -2.17. The molecule has 0 saturated carbocycles. The molecule has 1 heterocycles. The third-order valence-electron chi connectivity index (χ3n) is 4.45. The molecule has 9 heteroatoms.